The van der Waals surface area contributed by atoms with Crippen molar-refractivity contribution in [2.24, 2.45) is 0 Å². The van der Waals surface area contributed by atoms with Crippen LogP contribution in [0.4, 0.5) is 5.69 Å². The lowest BCUT2D eigenvalue weighted by atomic mass is 10.1. The van der Waals surface area contributed by atoms with Crippen molar-refractivity contribution in [2.45, 2.75) is 12.8 Å². The van der Waals surface area contributed by atoms with E-state index in [4.69, 9.17) is 0 Å². The van der Waals surface area contributed by atoms with Gasteiger partial charge in [-0.15, -0.1) is 0 Å². The predicted molar refractivity (Wildman–Crippen MR) is 98.0 cm³/mol. The van der Waals surface area contributed by atoms with Gasteiger partial charge in [-0.1, -0.05) is 0 Å². The van der Waals surface area contributed by atoms with Crippen molar-refractivity contribution in [1.29, 1.82) is 0 Å². The highest BCUT2D eigenvalue weighted by atomic mass is 32.2. The lowest BCUT2D eigenvalue weighted by Gasteiger charge is -2.35. The van der Waals surface area contributed by atoms with Crippen LogP contribution >= 0.6 is 0 Å². The second-order valence-corrected chi connectivity index (χ2v) is 8.67. The Balaban J connectivity index is 1.60. The normalized spacial score (nSPS) is 20.0. The summed E-state index contributed by atoms with van der Waals surface area (Å²) >= 11 is 0. The summed E-state index contributed by atoms with van der Waals surface area (Å²) in [7, 11) is 0.543. The van der Waals surface area contributed by atoms with Gasteiger partial charge in [0.2, 0.25) is 0 Å². The van der Waals surface area contributed by atoms with Crippen LogP contribution in [0, 0.1) is 0 Å². The van der Waals surface area contributed by atoms with Gasteiger partial charge in [0.15, 0.2) is 0 Å². The average Bonchev–Trinajstić information content (AvgIpc) is 3.17. The molecule has 0 aromatic heterocycles. The molecule has 0 radical (unpaired) electrons. The topological polar surface area (TPSA) is 64.2 Å². The first-order valence-electron chi connectivity index (χ1n) is 8.71. The van der Waals surface area contributed by atoms with Crippen LogP contribution in [-0.4, -0.2) is 81.2 Å². The van der Waals surface area contributed by atoms with Gasteiger partial charge < -0.3 is 9.80 Å². The van der Waals surface area contributed by atoms with Gasteiger partial charge in [0.25, 0.3) is 16.1 Å². The van der Waals surface area contributed by atoms with Crippen molar-refractivity contribution in [2.75, 3.05) is 58.3 Å². The number of carbonyl (C=O) groups excluding carboxylic acids is 1. The minimum Gasteiger partial charge on any atom is -0.378 e. The quantitative estimate of drug-likeness (QED) is 0.793. The molecule has 2 fully saturated rings. The van der Waals surface area contributed by atoms with E-state index in [1.165, 1.54) is 4.31 Å². The number of anilines is 1. The maximum absolute atomic E-state index is 12.6. The predicted octanol–water partition coefficient (Wildman–Crippen LogP) is 0.851. The van der Waals surface area contributed by atoms with Gasteiger partial charge in [0, 0.05) is 64.6 Å². The fourth-order valence-electron chi connectivity index (χ4n) is 3.29. The summed E-state index contributed by atoms with van der Waals surface area (Å²) in [6, 6.07) is 7.48. The zero-order valence-corrected chi connectivity index (χ0v) is 15.7. The van der Waals surface area contributed by atoms with Crippen molar-refractivity contribution < 1.29 is 13.2 Å². The largest absolute Gasteiger partial charge is 0.378 e. The van der Waals surface area contributed by atoms with Gasteiger partial charge in [0.05, 0.1) is 0 Å². The first-order chi connectivity index (χ1) is 11.9. The van der Waals surface area contributed by atoms with Crippen molar-refractivity contribution in [1.82, 2.24) is 13.5 Å². The number of nitrogens with zero attached hydrogens (tertiary/aromatic N) is 4. The van der Waals surface area contributed by atoms with Gasteiger partial charge in [-0.05, 0) is 37.1 Å². The van der Waals surface area contributed by atoms with Gasteiger partial charge in [0.1, 0.15) is 0 Å². The SMILES string of the molecule is CN(C)c1ccc(C(=O)N2CCN(S(=O)(=O)N3CCCC3)CC2)cc1. The van der Waals surface area contributed by atoms with E-state index in [-0.39, 0.29) is 5.91 Å². The van der Waals surface area contributed by atoms with Crippen LogP contribution in [0.2, 0.25) is 0 Å². The van der Waals surface area contributed by atoms with Crippen molar-refractivity contribution in [3.63, 3.8) is 0 Å². The Labute approximate surface area is 150 Å². The molecule has 0 N–H and O–H groups in total. The van der Waals surface area contributed by atoms with Crippen molar-refractivity contribution >= 4 is 21.8 Å². The van der Waals surface area contributed by atoms with Crippen LogP contribution in [0.15, 0.2) is 24.3 Å². The van der Waals surface area contributed by atoms with Crippen molar-refractivity contribution in [3.8, 4) is 0 Å². The second kappa shape index (κ2) is 7.31. The molecule has 1 aromatic rings. The molecule has 0 spiro atoms. The minimum absolute atomic E-state index is 0.0384. The van der Waals surface area contributed by atoms with Crippen molar-refractivity contribution in [3.05, 3.63) is 29.8 Å². The van der Waals surface area contributed by atoms with Crippen LogP contribution in [0.25, 0.3) is 0 Å². The Kier molecular flexibility index (Phi) is 5.31. The van der Waals surface area contributed by atoms with E-state index in [0.29, 0.717) is 44.8 Å². The fourth-order valence-corrected chi connectivity index (χ4v) is 4.96. The van der Waals surface area contributed by atoms with Gasteiger partial charge >= 0.3 is 0 Å². The first-order valence-corrected chi connectivity index (χ1v) is 10.1. The number of hydrogen-bond acceptors (Lipinski definition) is 4. The molecule has 2 heterocycles. The highest BCUT2D eigenvalue weighted by Gasteiger charge is 2.34. The zero-order chi connectivity index (χ0) is 18.0. The Bertz CT molecular complexity index is 704. The third-order valence-corrected chi connectivity index (χ3v) is 6.91. The molecule has 7 nitrogen and oxygen atoms in total. The number of rotatable bonds is 4. The van der Waals surface area contributed by atoms with Gasteiger partial charge in [-0.25, -0.2) is 0 Å². The van der Waals surface area contributed by atoms with E-state index in [0.717, 1.165) is 18.5 Å². The Morgan fingerprint density at radius 2 is 1.40 bits per heavy atom. The van der Waals surface area contributed by atoms with E-state index in [1.54, 1.807) is 9.21 Å². The summed E-state index contributed by atoms with van der Waals surface area (Å²) in [5, 5.41) is 0. The van der Waals surface area contributed by atoms with Crippen LogP contribution in [0.5, 0.6) is 0 Å². The number of amides is 1. The highest BCUT2D eigenvalue weighted by molar-refractivity contribution is 7.86. The number of hydrogen-bond donors (Lipinski definition) is 0. The molecule has 1 amide bonds. The monoisotopic (exact) mass is 366 g/mol. The van der Waals surface area contributed by atoms with Gasteiger partial charge in [-0.2, -0.15) is 17.0 Å². The number of carbonyl (C=O) groups is 1. The molecule has 0 bridgehead atoms. The lowest BCUT2D eigenvalue weighted by Crippen LogP contribution is -2.53. The molecule has 138 valence electrons. The molecular formula is C17H26N4O3S. The third-order valence-electron chi connectivity index (χ3n) is 4.87. The summed E-state index contributed by atoms with van der Waals surface area (Å²) in [4.78, 5) is 16.3. The standard InChI is InChI=1S/C17H26N4O3S/c1-18(2)16-7-5-15(6-8-16)17(22)19-11-13-21(14-12-19)25(23,24)20-9-3-4-10-20/h5-8H,3-4,9-14H2,1-2H3. The van der Waals surface area contributed by atoms with Crippen LogP contribution < -0.4 is 4.90 Å². The summed E-state index contributed by atoms with van der Waals surface area (Å²) in [5.74, 6) is -0.0384. The summed E-state index contributed by atoms with van der Waals surface area (Å²) in [6.07, 6.45) is 1.86. The second-order valence-electron chi connectivity index (χ2n) is 6.75. The maximum atomic E-state index is 12.6. The molecule has 0 aliphatic carbocycles. The molecule has 2 aliphatic heterocycles. The van der Waals surface area contributed by atoms with E-state index < -0.39 is 10.2 Å². The fraction of sp³-hybridized carbons (Fsp3) is 0.588. The molecule has 0 unspecified atom stereocenters. The molecule has 25 heavy (non-hydrogen) atoms. The first kappa shape index (κ1) is 18.2. The Morgan fingerprint density at radius 1 is 0.880 bits per heavy atom. The summed E-state index contributed by atoms with van der Waals surface area (Å²) in [6.45, 7) is 2.81. The molecule has 1 aromatic carbocycles. The average molecular weight is 366 g/mol. The summed E-state index contributed by atoms with van der Waals surface area (Å²) in [5.41, 5.74) is 1.68. The minimum atomic E-state index is -3.37. The smallest absolute Gasteiger partial charge is 0.282 e. The van der Waals surface area contributed by atoms with E-state index in [2.05, 4.69) is 0 Å². The van der Waals surface area contributed by atoms with Crippen LogP contribution in [0.3, 0.4) is 0 Å². The highest BCUT2D eigenvalue weighted by Crippen LogP contribution is 2.19. The molecule has 0 atom stereocenters. The third kappa shape index (κ3) is 3.80. The van der Waals surface area contributed by atoms with Crippen LogP contribution in [0.1, 0.15) is 23.2 Å². The molecule has 8 heteroatoms. The number of benzene rings is 1. The van der Waals surface area contributed by atoms with Gasteiger partial charge in [-0.3, -0.25) is 4.79 Å². The summed E-state index contributed by atoms with van der Waals surface area (Å²) < 4.78 is 28.2. The number of piperazine rings is 1. The van der Waals surface area contributed by atoms with E-state index in [9.17, 15) is 13.2 Å². The Hall–Kier alpha value is -1.64. The molecule has 2 aliphatic rings. The molecule has 3 rings (SSSR count). The maximum Gasteiger partial charge on any atom is 0.282 e. The van der Waals surface area contributed by atoms with E-state index in [1.807, 2.05) is 43.3 Å². The van der Waals surface area contributed by atoms with E-state index >= 15 is 0 Å². The Morgan fingerprint density at radius 3 is 1.92 bits per heavy atom. The molecular weight excluding hydrogens is 340 g/mol. The molecule has 0 saturated carbocycles. The lowest BCUT2D eigenvalue weighted by molar-refractivity contribution is 0.0694. The van der Waals surface area contributed by atoms with Crippen LogP contribution in [-0.2, 0) is 10.2 Å². The molecule has 2 saturated heterocycles. The zero-order valence-electron chi connectivity index (χ0n) is 14.9.